The number of aryl methyl sites for hydroxylation is 1. The molecule has 0 bridgehead atoms. The van der Waals surface area contributed by atoms with E-state index in [1.54, 1.807) is 12.3 Å². The highest BCUT2D eigenvalue weighted by atomic mass is 32.1. The Morgan fingerprint density at radius 3 is 2.85 bits per heavy atom. The lowest BCUT2D eigenvalue weighted by Crippen LogP contribution is -2.15. The summed E-state index contributed by atoms with van der Waals surface area (Å²) in [5.74, 6) is 0.756. The Morgan fingerprint density at radius 2 is 2.10 bits per heavy atom. The van der Waals surface area contributed by atoms with Crippen molar-refractivity contribution in [2.45, 2.75) is 25.4 Å². The number of hydrogen-bond acceptors (Lipinski definition) is 3. The lowest BCUT2D eigenvalue weighted by Gasteiger charge is -2.26. The molecule has 0 amide bonds. The first-order chi connectivity index (χ1) is 9.74. The van der Waals surface area contributed by atoms with Crippen LogP contribution < -0.4 is 10.5 Å². The van der Waals surface area contributed by atoms with Crippen LogP contribution in [0.2, 0.25) is 0 Å². The maximum atomic E-state index is 6.07. The number of nitrogens with two attached hydrogens (primary N) is 1. The third kappa shape index (κ3) is 2.65. The first-order valence-corrected chi connectivity index (χ1v) is 7.15. The van der Waals surface area contributed by atoms with E-state index in [1.807, 2.05) is 6.07 Å². The fourth-order valence-electron chi connectivity index (χ4n) is 2.59. The minimum absolute atomic E-state index is 0.109. The number of aromatic nitrogens is 1. The molecule has 1 aliphatic rings. The second-order valence-corrected chi connectivity index (χ2v) is 5.38. The van der Waals surface area contributed by atoms with Gasteiger partial charge in [-0.2, -0.15) is 0 Å². The summed E-state index contributed by atoms with van der Waals surface area (Å²) in [7, 11) is 0. The van der Waals surface area contributed by atoms with Crippen molar-refractivity contribution < 1.29 is 4.74 Å². The van der Waals surface area contributed by atoms with E-state index in [9.17, 15) is 0 Å². The number of fused-ring (bicyclic) bond motifs is 1. The van der Waals surface area contributed by atoms with Gasteiger partial charge in [0.1, 0.15) is 16.8 Å². The zero-order valence-electron chi connectivity index (χ0n) is 11.1. The summed E-state index contributed by atoms with van der Waals surface area (Å²) in [6, 6.07) is 12.1. The average molecular weight is 284 g/mol. The number of pyridine rings is 1. The van der Waals surface area contributed by atoms with Gasteiger partial charge in [-0.25, -0.2) is 4.98 Å². The van der Waals surface area contributed by atoms with E-state index in [2.05, 4.69) is 29.2 Å². The molecule has 0 radical (unpaired) electrons. The highest BCUT2D eigenvalue weighted by Crippen LogP contribution is 2.33. The summed E-state index contributed by atoms with van der Waals surface area (Å²) in [6.45, 7) is 0. The van der Waals surface area contributed by atoms with Crippen molar-refractivity contribution in [3.05, 3.63) is 59.4 Å². The quantitative estimate of drug-likeness (QED) is 0.879. The van der Waals surface area contributed by atoms with Crippen LogP contribution >= 0.6 is 12.2 Å². The van der Waals surface area contributed by atoms with Gasteiger partial charge < -0.3 is 10.5 Å². The first-order valence-electron chi connectivity index (χ1n) is 6.74. The van der Waals surface area contributed by atoms with E-state index < -0.39 is 0 Å². The Morgan fingerprint density at radius 1 is 1.25 bits per heavy atom. The molecule has 1 heterocycles. The molecule has 3 rings (SSSR count). The van der Waals surface area contributed by atoms with E-state index in [0.717, 1.165) is 25.0 Å². The molecule has 1 aromatic carbocycles. The van der Waals surface area contributed by atoms with Crippen molar-refractivity contribution in [2.24, 2.45) is 5.73 Å². The second kappa shape index (κ2) is 5.59. The van der Waals surface area contributed by atoms with E-state index in [1.165, 1.54) is 11.1 Å². The van der Waals surface area contributed by atoms with Crippen LogP contribution in [-0.4, -0.2) is 9.97 Å². The second-order valence-electron chi connectivity index (χ2n) is 4.94. The summed E-state index contributed by atoms with van der Waals surface area (Å²) in [4.78, 5) is 4.51. The monoisotopic (exact) mass is 284 g/mol. The molecule has 4 heteroatoms. The summed E-state index contributed by atoms with van der Waals surface area (Å²) in [5.41, 5.74) is 8.84. The van der Waals surface area contributed by atoms with Crippen LogP contribution in [0.25, 0.3) is 0 Å². The van der Waals surface area contributed by atoms with Gasteiger partial charge in [0.25, 0.3) is 0 Å². The molecule has 0 saturated heterocycles. The predicted molar refractivity (Wildman–Crippen MR) is 82.9 cm³/mol. The van der Waals surface area contributed by atoms with Crippen LogP contribution in [0.1, 0.15) is 35.8 Å². The van der Waals surface area contributed by atoms with Gasteiger partial charge in [-0.15, -0.1) is 0 Å². The third-order valence-electron chi connectivity index (χ3n) is 3.58. The maximum Gasteiger partial charge on any atom is 0.138 e. The maximum absolute atomic E-state index is 6.07. The lowest BCUT2D eigenvalue weighted by molar-refractivity contribution is 0.183. The van der Waals surface area contributed by atoms with Crippen molar-refractivity contribution in [3.8, 4) is 5.75 Å². The Hall–Kier alpha value is -1.94. The molecule has 1 atom stereocenters. The molecule has 2 aromatic rings. The molecule has 0 aliphatic heterocycles. The molecule has 2 N–H and O–H groups in total. The first kappa shape index (κ1) is 13.1. The van der Waals surface area contributed by atoms with Gasteiger partial charge in [-0.05, 0) is 42.5 Å². The Balaban J connectivity index is 1.80. The number of benzene rings is 1. The largest absolute Gasteiger partial charge is 0.484 e. The van der Waals surface area contributed by atoms with Crippen LogP contribution in [-0.2, 0) is 6.42 Å². The summed E-state index contributed by atoms with van der Waals surface area (Å²) in [6.07, 6.45) is 5.12. The average Bonchev–Trinajstić information content (AvgIpc) is 2.48. The molecular weight excluding hydrogens is 268 g/mol. The topological polar surface area (TPSA) is 48.1 Å². The third-order valence-corrected chi connectivity index (χ3v) is 3.79. The Labute approximate surface area is 123 Å². The van der Waals surface area contributed by atoms with E-state index in [-0.39, 0.29) is 6.10 Å². The zero-order chi connectivity index (χ0) is 13.9. The summed E-state index contributed by atoms with van der Waals surface area (Å²) in [5, 5.41) is 0. The Bertz CT molecular complexity index is 625. The minimum Gasteiger partial charge on any atom is -0.484 e. The molecule has 1 aliphatic carbocycles. The lowest BCUT2D eigenvalue weighted by atomic mass is 9.89. The summed E-state index contributed by atoms with van der Waals surface area (Å²) >= 11 is 4.89. The van der Waals surface area contributed by atoms with Crippen LogP contribution in [0.3, 0.4) is 0 Å². The van der Waals surface area contributed by atoms with Crippen LogP contribution in [0, 0.1) is 0 Å². The number of ether oxygens (including phenoxy) is 1. The van der Waals surface area contributed by atoms with Crippen molar-refractivity contribution in [2.75, 3.05) is 0 Å². The van der Waals surface area contributed by atoms with Crippen LogP contribution in [0.5, 0.6) is 5.75 Å². The molecular formula is C16H16N2OS. The molecule has 1 unspecified atom stereocenters. The van der Waals surface area contributed by atoms with Gasteiger partial charge in [0.2, 0.25) is 0 Å². The molecule has 3 nitrogen and oxygen atoms in total. The van der Waals surface area contributed by atoms with E-state index in [4.69, 9.17) is 22.7 Å². The highest BCUT2D eigenvalue weighted by molar-refractivity contribution is 7.80. The number of rotatable bonds is 3. The predicted octanol–water partition coefficient (Wildman–Crippen LogP) is 3.17. The van der Waals surface area contributed by atoms with E-state index >= 15 is 0 Å². The molecule has 102 valence electrons. The van der Waals surface area contributed by atoms with Crippen LogP contribution in [0.15, 0.2) is 42.6 Å². The standard InChI is InChI=1S/C16H16N2OS/c17-16(20)14-9-8-12(10-18-14)19-15-7-3-5-11-4-1-2-6-13(11)15/h1-2,4,6,8-10,15H,3,5,7H2,(H2,17,20). The molecule has 20 heavy (non-hydrogen) atoms. The fourth-order valence-corrected chi connectivity index (χ4v) is 2.71. The normalized spacial score (nSPS) is 17.3. The van der Waals surface area contributed by atoms with Crippen molar-refractivity contribution in [1.29, 1.82) is 0 Å². The summed E-state index contributed by atoms with van der Waals surface area (Å²) < 4.78 is 6.07. The zero-order valence-corrected chi connectivity index (χ0v) is 11.9. The number of thiocarbonyl (C=S) groups is 1. The van der Waals surface area contributed by atoms with Gasteiger partial charge in [0, 0.05) is 0 Å². The van der Waals surface area contributed by atoms with Gasteiger partial charge >= 0.3 is 0 Å². The van der Waals surface area contributed by atoms with E-state index in [0.29, 0.717) is 10.7 Å². The van der Waals surface area contributed by atoms with Gasteiger partial charge in [-0.3, -0.25) is 0 Å². The van der Waals surface area contributed by atoms with Gasteiger partial charge in [0.15, 0.2) is 0 Å². The number of nitrogens with zero attached hydrogens (tertiary/aromatic N) is 1. The molecule has 1 aromatic heterocycles. The number of hydrogen-bond donors (Lipinski definition) is 1. The SMILES string of the molecule is NC(=S)c1ccc(OC2CCCc3ccccc32)cn1. The molecule has 0 spiro atoms. The van der Waals surface area contributed by atoms with Crippen LogP contribution in [0.4, 0.5) is 0 Å². The van der Waals surface area contributed by atoms with Crippen molar-refractivity contribution in [1.82, 2.24) is 4.98 Å². The van der Waals surface area contributed by atoms with Gasteiger partial charge in [-0.1, -0.05) is 36.5 Å². The van der Waals surface area contributed by atoms with Gasteiger partial charge in [0.05, 0.1) is 11.9 Å². The Kier molecular flexibility index (Phi) is 3.65. The molecule has 0 saturated carbocycles. The van der Waals surface area contributed by atoms with Crippen molar-refractivity contribution >= 4 is 17.2 Å². The fraction of sp³-hybridized carbons (Fsp3) is 0.250. The highest BCUT2D eigenvalue weighted by Gasteiger charge is 2.21. The smallest absolute Gasteiger partial charge is 0.138 e. The van der Waals surface area contributed by atoms with Crippen molar-refractivity contribution in [3.63, 3.8) is 0 Å². The minimum atomic E-state index is 0.109. The molecule has 0 fully saturated rings.